The summed E-state index contributed by atoms with van der Waals surface area (Å²) in [5.41, 5.74) is 3.48. The molecule has 2 aromatic heterocycles. The van der Waals surface area contributed by atoms with E-state index in [2.05, 4.69) is 10.4 Å². The largest absolute Gasteiger partial charge is 0.423 e. The van der Waals surface area contributed by atoms with Crippen LogP contribution in [0.2, 0.25) is 0 Å². The van der Waals surface area contributed by atoms with Gasteiger partial charge in [-0.05, 0) is 50.1 Å². The average Bonchev–Trinajstić information content (AvgIpc) is 2.92. The zero-order chi connectivity index (χ0) is 17.3. The highest BCUT2D eigenvalue weighted by atomic mass is 16.4. The molecule has 0 atom stereocenters. The van der Waals surface area contributed by atoms with E-state index in [9.17, 15) is 9.59 Å². The van der Waals surface area contributed by atoms with Crippen LogP contribution in [0, 0.1) is 20.8 Å². The molecular formula is C18H19N3O3. The van der Waals surface area contributed by atoms with Crippen molar-refractivity contribution in [2.75, 3.05) is 5.32 Å². The first-order chi connectivity index (χ1) is 11.4. The molecule has 0 bridgehead atoms. The van der Waals surface area contributed by atoms with E-state index in [0.29, 0.717) is 18.5 Å². The molecule has 1 aromatic carbocycles. The van der Waals surface area contributed by atoms with Gasteiger partial charge in [0.15, 0.2) is 0 Å². The summed E-state index contributed by atoms with van der Waals surface area (Å²) in [6.45, 7) is 6.16. The number of amides is 1. The Bertz CT molecular complexity index is 969. The standard InChI is InChI=1S/C18H19N3O3/c1-11-9-18(23)24-16-8-12(2)15(10-14(11)16)19-17(22)5-7-21-6-4-13(3)20-21/h4,6,8-10H,5,7H2,1-3H3,(H,19,22). The van der Waals surface area contributed by atoms with Crippen molar-refractivity contribution in [2.24, 2.45) is 0 Å². The van der Waals surface area contributed by atoms with E-state index in [0.717, 1.165) is 27.9 Å². The number of aryl methyl sites for hydroxylation is 4. The van der Waals surface area contributed by atoms with Gasteiger partial charge in [0, 0.05) is 36.3 Å². The smallest absolute Gasteiger partial charge is 0.336 e. The summed E-state index contributed by atoms with van der Waals surface area (Å²) >= 11 is 0. The van der Waals surface area contributed by atoms with Gasteiger partial charge in [0.25, 0.3) is 0 Å². The summed E-state index contributed by atoms with van der Waals surface area (Å²) in [5.74, 6) is -0.0827. The molecular weight excluding hydrogens is 306 g/mol. The lowest BCUT2D eigenvalue weighted by molar-refractivity contribution is -0.116. The van der Waals surface area contributed by atoms with Crippen molar-refractivity contribution < 1.29 is 9.21 Å². The number of anilines is 1. The van der Waals surface area contributed by atoms with Crippen LogP contribution in [0.1, 0.15) is 23.2 Å². The zero-order valence-corrected chi connectivity index (χ0v) is 13.9. The maximum atomic E-state index is 12.2. The van der Waals surface area contributed by atoms with Gasteiger partial charge in [-0.25, -0.2) is 4.79 Å². The highest BCUT2D eigenvalue weighted by Crippen LogP contribution is 2.25. The Balaban J connectivity index is 1.77. The van der Waals surface area contributed by atoms with E-state index in [-0.39, 0.29) is 11.5 Å². The number of hydrogen-bond donors (Lipinski definition) is 1. The van der Waals surface area contributed by atoms with Gasteiger partial charge < -0.3 is 9.73 Å². The van der Waals surface area contributed by atoms with E-state index in [1.54, 1.807) is 10.7 Å². The Hall–Kier alpha value is -2.89. The van der Waals surface area contributed by atoms with Crippen LogP contribution in [-0.4, -0.2) is 15.7 Å². The van der Waals surface area contributed by atoms with Crippen LogP contribution in [0.25, 0.3) is 11.0 Å². The average molecular weight is 325 g/mol. The zero-order valence-electron chi connectivity index (χ0n) is 13.9. The third-order valence-corrected chi connectivity index (χ3v) is 3.91. The van der Waals surface area contributed by atoms with Gasteiger partial charge in [0.05, 0.1) is 5.69 Å². The first-order valence-electron chi connectivity index (χ1n) is 7.77. The van der Waals surface area contributed by atoms with Gasteiger partial charge in [-0.15, -0.1) is 0 Å². The number of fused-ring (bicyclic) bond motifs is 1. The van der Waals surface area contributed by atoms with Crippen molar-refractivity contribution in [2.45, 2.75) is 33.7 Å². The monoisotopic (exact) mass is 325 g/mol. The van der Waals surface area contributed by atoms with Crippen molar-refractivity contribution >= 4 is 22.6 Å². The summed E-state index contributed by atoms with van der Waals surface area (Å²) in [6, 6.07) is 6.97. The lowest BCUT2D eigenvalue weighted by Crippen LogP contribution is -2.15. The first kappa shape index (κ1) is 16.0. The maximum Gasteiger partial charge on any atom is 0.336 e. The fourth-order valence-electron chi connectivity index (χ4n) is 2.62. The van der Waals surface area contributed by atoms with Crippen molar-refractivity contribution in [1.29, 1.82) is 0 Å². The Morgan fingerprint density at radius 3 is 2.71 bits per heavy atom. The summed E-state index contributed by atoms with van der Waals surface area (Å²) in [6.07, 6.45) is 2.19. The molecule has 2 heterocycles. The fourth-order valence-corrected chi connectivity index (χ4v) is 2.62. The molecule has 6 heteroatoms. The van der Waals surface area contributed by atoms with Crippen molar-refractivity contribution in [3.05, 3.63) is 57.7 Å². The minimum absolute atomic E-state index is 0.0827. The van der Waals surface area contributed by atoms with Crippen LogP contribution in [-0.2, 0) is 11.3 Å². The van der Waals surface area contributed by atoms with Gasteiger partial charge in [-0.3, -0.25) is 9.48 Å². The minimum atomic E-state index is -0.370. The Labute approximate surface area is 139 Å². The van der Waals surface area contributed by atoms with E-state index >= 15 is 0 Å². The van der Waals surface area contributed by atoms with Crippen LogP contribution >= 0.6 is 0 Å². The normalized spacial score (nSPS) is 11.0. The number of hydrogen-bond acceptors (Lipinski definition) is 4. The topological polar surface area (TPSA) is 77.1 Å². The fraction of sp³-hybridized carbons (Fsp3) is 0.278. The quantitative estimate of drug-likeness (QED) is 0.748. The van der Waals surface area contributed by atoms with Gasteiger partial charge in [0.2, 0.25) is 5.91 Å². The highest BCUT2D eigenvalue weighted by molar-refractivity contribution is 5.95. The summed E-state index contributed by atoms with van der Waals surface area (Å²) in [4.78, 5) is 23.6. The summed E-state index contributed by atoms with van der Waals surface area (Å²) in [5, 5.41) is 8.00. The number of carbonyl (C=O) groups excluding carboxylic acids is 1. The van der Waals surface area contributed by atoms with Crippen molar-refractivity contribution in [1.82, 2.24) is 9.78 Å². The molecule has 1 amide bonds. The molecule has 6 nitrogen and oxygen atoms in total. The molecule has 0 radical (unpaired) electrons. The Morgan fingerprint density at radius 2 is 2.00 bits per heavy atom. The molecule has 0 aliphatic carbocycles. The van der Waals surface area contributed by atoms with Gasteiger partial charge in [0.1, 0.15) is 5.58 Å². The number of benzene rings is 1. The SMILES string of the molecule is Cc1ccn(CCC(=O)Nc2cc3c(C)cc(=O)oc3cc2C)n1. The maximum absolute atomic E-state index is 12.2. The molecule has 1 N–H and O–H groups in total. The molecule has 3 rings (SSSR count). The lowest BCUT2D eigenvalue weighted by atomic mass is 10.1. The summed E-state index contributed by atoms with van der Waals surface area (Å²) in [7, 11) is 0. The molecule has 0 aliphatic rings. The second kappa shape index (κ2) is 6.31. The predicted molar refractivity (Wildman–Crippen MR) is 92.2 cm³/mol. The third-order valence-electron chi connectivity index (χ3n) is 3.91. The second-order valence-electron chi connectivity index (χ2n) is 5.93. The second-order valence-corrected chi connectivity index (χ2v) is 5.93. The number of aromatic nitrogens is 2. The first-order valence-corrected chi connectivity index (χ1v) is 7.77. The van der Waals surface area contributed by atoms with E-state index in [1.807, 2.05) is 39.1 Å². The number of nitrogens with zero attached hydrogens (tertiary/aromatic N) is 2. The molecule has 0 fully saturated rings. The molecule has 3 aromatic rings. The molecule has 24 heavy (non-hydrogen) atoms. The van der Waals surface area contributed by atoms with E-state index in [1.165, 1.54) is 6.07 Å². The van der Waals surface area contributed by atoms with Crippen LogP contribution in [0.5, 0.6) is 0 Å². The lowest BCUT2D eigenvalue weighted by Gasteiger charge is -2.11. The molecule has 124 valence electrons. The molecule has 0 saturated carbocycles. The third kappa shape index (κ3) is 3.37. The van der Waals surface area contributed by atoms with Crippen LogP contribution in [0.15, 0.2) is 39.7 Å². The summed E-state index contributed by atoms with van der Waals surface area (Å²) < 4.78 is 6.96. The molecule has 0 spiro atoms. The van der Waals surface area contributed by atoms with Gasteiger partial charge in [-0.2, -0.15) is 5.10 Å². The molecule has 0 aliphatic heterocycles. The minimum Gasteiger partial charge on any atom is -0.423 e. The van der Waals surface area contributed by atoms with Gasteiger partial charge >= 0.3 is 5.63 Å². The Morgan fingerprint density at radius 1 is 1.21 bits per heavy atom. The predicted octanol–water partition coefficient (Wildman–Crippen LogP) is 2.94. The van der Waals surface area contributed by atoms with Crippen LogP contribution < -0.4 is 10.9 Å². The van der Waals surface area contributed by atoms with Crippen molar-refractivity contribution in [3.8, 4) is 0 Å². The number of nitrogens with one attached hydrogen (secondary N) is 1. The Kier molecular flexibility index (Phi) is 4.20. The van der Waals surface area contributed by atoms with E-state index < -0.39 is 0 Å². The number of carbonyl (C=O) groups is 1. The molecule has 0 saturated heterocycles. The van der Waals surface area contributed by atoms with Crippen LogP contribution in [0.3, 0.4) is 0 Å². The van der Waals surface area contributed by atoms with E-state index in [4.69, 9.17) is 4.42 Å². The molecule has 0 unspecified atom stereocenters. The number of rotatable bonds is 4. The van der Waals surface area contributed by atoms with Crippen molar-refractivity contribution in [3.63, 3.8) is 0 Å². The van der Waals surface area contributed by atoms with Crippen LogP contribution in [0.4, 0.5) is 5.69 Å². The van der Waals surface area contributed by atoms with Gasteiger partial charge in [-0.1, -0.05) is 0 Å². The highest BCUT2D eigenvalue weighted by Gasteiger charge is 2.10.